The molecule has 4 atom stereocenters. The highest BCUT2D eigenvalue weighted by Gasteiger charge is 2.36. The number of nitrogens with zero attached hydrogens (tertiary/aromatic N) is 7. The van der Waals surface area contributed by atoms with Crippen molar-refractivity contribution in [3.05, 3.63) is 41.4 Å². The monoisotopic (exact) mass is 566 g/mol. The van der Waals surface area contributed by atoms with E-state index in [2.05, 4.69) is 34.8 Å². The van der Waals surface area contributed by atoms with Gasteiger partial charge in [0.25, 0.3) is 0 Å². The molecule has 0 radical (unpaired) electrons. The number of pyridine rings is 1. The number of anilines is 1. The Morgan fingerprint density at radius 2 is 1.92 bits per heavy atom. The third-order valence-corrected chi connectivity index (χ3v) is 8.29. The normalized spacial score (nSPS) is 19.1. The first-order chi connectivity index (χ1) is 18.1. The first-order valence-electron chi connectivity index (χ1n) is 11.9. The number of halogens is 1. The maximum Gasteiger partial charge on any atom is 0.240 e. The highest BCUT2D eigenvalue weighted by Crippen LogP contribution is 2.31. The molecule has 0 bridgehead atoms. The van der Waals surface area contributed by atoms with Gasteiger partial charge in [0.1, 0.15) is 17.0 Å². The van der Waals surface area contributed by atoms with Crippen LogP contribution in [0.1, 0.15) is 31.8 Å². The summed E-state index contributed by atoms with van der Waals surface area (Å²) in [5.41, 5.74) is 0.468. The Morgan fingerprint density at radius 3 is 2.58 bits per heavy atom. The second-order valence-electron chi connectivity index (χ2n) is 8.96. The van der Waals surface area contributed by atoms with E-state index in [1.165, 1.54) is 33.5 Å². The number of rotatable bonds is 10. The number of ether oxygens (including phenoxy) is 3. The van der Waals surface area contributed by atoms with Crippen LogP contribution in [0.2, 0.25) is 5.02 Å². The molecule has 15 heteroatoms. The van der Waals surface area contributed by atoms with E-state index in [9.17, 15) is 8.42 Å². The van der Waals surface area contributed by atoms with Gasteiger partial charge in [-0.3, -0.25) is 9.29 Å². The van der Waals surface area contributed by atoms with Crippen molar-refractivity contribution in [1.29, 1.82) is 0 Å². The molecule has 1 aliphatic rings. The van der Waals surface area contributed by atoms with Crippen LogP contribution in [-0.4, -0.2) is 95.4 Å². The van der Waals surface area contributed by atoms with E-state index in [4.69, 9.17) is 25.8 Å². The number of hydrogen-bond acceptors (Lipinski definition) is 11. The summed E-state index contributed by atoms with van der Waals surface area (Å²) in [5, 5.41) is 7.74. The topological polar surface area (TPSA) is 146 Å². The Kier molecular flexibility index (Phi) is 8.78. The lowest BCUT2D eigenvalue weighted by molar-refractivity contribution is -0.0421. The second-order valence-corrected chi connectivity index (χ2v) is 11.4. The van der Waals surface area contributed by atoms with E-state index < -0.39 is 21.4 Å². The predicted molar refractivity (Wildman–Crippen MR) is 141 cm³/mol. The number of hydrogen-bond donors (Lipinski definition) is 1. The minimum Gasteiger partial charge on any atom is -0.481 e. The van der Waals surface area contributed by atoms with E-state index in [1.54, 1.807) is 22.8 Å². The molecule has 0 spiro atoms. The molecule has 206 valence electrons. The molecule has 1 saturated heterocycles. The van der Waals surface area contributed by atoms with Crippen LogP contribution in [0.4, 0.5) is 5.95 Å². The second kappa shape index (κ2) is 11.9. The van der Waals surface area contributed by atoms with Gasteiger partial charge in [0.05, 0.1) is 30.9 Å². The number of aromatic nitrogens is 6. The van der Waals surface area contributed by atoms with Gasteiger partial charge in [-0.1, -0.05) is 17.7 Å². The SMILES string of the molecule is COc1cccc(-c2nnc(NS(=O)(=O)C(C)C(OC)c3ncc(Cl)cn3)n2C(C)[C@@H]2CN(C)CCO2)n1. The minimum atomic E-state index is -4.07. The Labute approximate surface area is 226 Å². The third kappa shape index (κ3) is 6.04. The fourth-order valence-corrected chi connectivity index (χ4v) is 5.44. The molecule has 1 fully saturated rings. The average molecular weight is 567 g/mol. The zero-order valence-corrected chi connectivity index (χ0v) is 23.3. The molecule has 4 rings (SSSR count). The lowest BCUT2D eigenvalue weighted by atomic mass is 10.1. The van der Waals surface area contributed by atoms with Crippen LogP contribution >= 0.6 is 11.6 Å². The smallest absolute Gasteiger partial charge is 0.240 e. The molecule has 0 aliphatic carbocycles. The van der Waals surface area contributed by atoms with Crippen LogP contribution in [0.3, 0.4) is 0 Å². The van der Waals surface area contributed by atoms with Crippen LogP contribution in [0.25, 0.3) is 11.5 Å². The molecule has 38 heavy (non-hydrogen) atoms. The fourth-order valence-electron chi connectivity index (χ4n) is 4.20. The summed E-state index contributed by atoms with van der Waals surface area (Å²) in [6.45, 7) is 5.43. The highest BCUT2D eigenvalue weighted by atomic mass is 35.5. The molecule has 0 saturated carbocycles. The van der Waals surface area contributed by atoms with Gasteiger partial charge >= 0.3 is 0 Å². The Balaban J connectivity index is 1.71. The number of likely N-dealkylation sites (N-methyl/N-ethyl adjacent to an activating group) is 1. The van der Waals surface area contributed by atoms with Gasteiger partial charge in [-0.2, -0.15) is 0 Å². The van der Waals surface area contributed by atoms with Crippen molar-refractivity contribution in [1.82, 2.24) is 34.6 Å². The van der Waals surface area contributed by atoms with Crippen LogP contribution in [0.15, 0.2) is 30.6 Å². The van der Waals surface area contributed by atoms with E-state index >= 15 is 0 Å². The summed E-state index contributed by atoms with van der Waals surface area (Å²) in [4.78, 5) is 14.9. The van der Waals surface area contributed by atoms with Crippen molar-refractivity contribution in [3.63, 3.8) is 0 Å². The molecule has 1 N–H and O–H groups in total. The molecule has 13 nitrogen and oxygen atoms in total. The molecule has 3 aromatic rings. The largest absolute Gasteiger partial charge is 0.481 e. The van der Waals surface area contributed by atoms with Gasteiger partial charge in [0.15, 0.2) is 11.6 Å². The molecular formula is C23H31ClN8O5S. The standard InChI is InChI=1S/C23H31ClN8O5S/c1-14(18-13-31(3)9-10-37-18)32-22(17-7-6-8-19(27-17)35-4)28-29-23(32)30-38(33,34)15(2)20(36-5)21-25-11-16(24)12-26-21/h6-8,11-12,14-15,18,20H,9-10,13H2,1-5H3,(H,29,30)/t14?,15?,18-,20?/m0/s1. The number of sulfonamides is 1. The van der Waals surface area contributed by atoms with Gasteiger partial charge in [0.2, 0.25) is 21.9 Å². The van der Waals surface area contributed by atoms with Crippen molar-refractivity contribution >= 4 is 27.6 Å². The van der Waals surface area contributed by atoms with Gasteiger partial charge in [-0.05, 0) is 27.0 Å². The molecule has 0 aromatic carbocycles. The molecule has 1 aliphatic heterocycles. The molecular weight excluding hydrogens is 536 g/mol. The number of nitrogens with one attached hydrogen (secondary N) is 1. The third-order valence-electron chi connectivity index (χ3n) is 6.40. The maximum atomic E-state index is 13.6. The zero-order chi connectivity index (χ0) is 27.4. The number of methoxy groups -OCH3 is 2. The fraction of sp³-hybridized carbons (Fsp3) is 0.522. The first kappa shape index (κ1) is 28.1. The van der Waals surface area contributed by atoms with Crippen molar-refractivity contribution in [2.45, 2.75) is 37.3 Å². The summed E-state index contributed by atoms with van der Waals surface area (Å²) in [5.74, 6) is 0.958. The van der Waals surface area contributed by atoms with Crippen molar-refractivity contribution in [2.24, 2.45) is 0 Å². The average Bonchev–Trinajstić information content (AvgIpc) is 3.32. The zero-order valence-electron chi connectivity index (χ0n) is 21.8. The maximum absolute atomic E-state index is 13.6. The lowest BCUT2D eigenvalue weighted by Crippen LogP contribution is -2.44. The Morgan fingerprint density at radius 1 is 1.18 bits per heavy atom. The quantitative estimate of drug-likeness (QED) is 0.385. The van der Waals surface area contributed by atoms with Crippen molar-refractivity contribution in [3.8, 4) is 17.4 Å². The van der Waals surface area contributed by atoms with E-state index in [1.807, 2.05) is 14.0 Å². The van der Waals surface area contributed by atoms with E-state index in [0.717, 1.165) is 6.54 Å². The molecule has 3 unspecified atom stereocenters. The van der Waals surface area contributed by atoms with E-state index in [0.29, 0.717) is 35.6 Å². The lowest BCUT2D eigenvalue weighted by Gasteiger charge is -2.35. The minimum absolute atomic E-state index is 0.0210. The first-order valence-corrected chi connectivity index (χ1v) is 13.8. The van der Waals surface area contributed by atoms with Crippen molar-refractivity contribution < 1.29 is 22.6 Å². The summed E-state index contributed by atoms with van der Waals surface area (Å²) >= 11 is 5.89. The summed E-state index contributed by atoms with van der Waals surface area (Å²) < 4.78 is 48.2. The predicted octanol–water partition coefficient (Wildman–Crippen LogP) is 2.20. The summed E-state index contributed by atoms with van der Waals surface area (Å²) in [6, 6.07) is 4.89. The van der Waals surface area contributed by atoms with Gasteiger partial charge in [-0.25, -0.2) is 23.4 Å². The number of morpholine rings is 1. The molecule has 0 amide bonds. The molecule has 3 aromatic heterocycles. The van der Waals surface area contributed by atoms with Crippen molar-refractivity contribution in [2.75, 3.05) is 45.7 Å². The van der Waals surface area contributed by atoms with Gasteiger partial charge in [0, 0.05) is 38.7 Å². The van der Waals surface area contributed by atoms with Gasteiger partial charge in [-0.15, -0.1) is 10.2 Å². The van der Waals surface area contributed by atoms with Gasteiger partial charge < -0.3 is 19.1 Å². The van der Waals surface area contributed by atoms with Crippen LogP contribution in [-0.2, 0) is 19.5 Å². The van der Waals surface area contributed by atoms with Crippen LogP contribution < -0.4 is 9.46 Å². The Hall–Kier alpha value is -2.91. The molecule has 4 heterocycles. The van der Waals surface area contributed by atoms with Crippen LogP contribution in [0.5, 0.6) is 5.88 Å². The van der Waals surface area contributed by atoms with Crippen LogP contribution in [0, 0.1) is 0 Å². The Bertz CT molecular complexity index is 1340. The van der Waals surface area contributed by atoms with E-state index in [-0.39, 0.29) is 23.9 Å². The summed E-state index contributed by atoms with van der Waals surface area (Å²) in [6.07, 6.45) is 1.56. The summed E-state index contributed by atoms with van der Waals surface area (Å²) in [7, 11) is 0.846. The highest BCUT2D eigenvalue weighted by molar-refractivity contribution is 7.93.